The van der Waals surface area contributed by atoms with Gasteiger partial charge in [0, 0.05) is 93.9 Å². The molecule has 1 amide bonds. The third-order valence-corrected chi connectivity index (χ3v) is 13.2. The number of esters is 1. The maximum Gasteiger partial charge on any atom is 1.00 e. The minimum absolute atomic E-state index is 0. The second-order valence-electron chi connectivity index (χ2n) is 17.9. The summed E-state index contributed by atoms with van der Waals surface area (Å²) in [5.74, 6) is -8.44. The van der Waals surface area contributed by atoms with Crippen molar-refractivity contribution in [1.82, 2.24) is 9.91 Å². The van der Waals surface area contributed by atoms with Crippen LogP contribution in [0.2, 0.25) is 0 Å². The van der Waals surface area contributed by atoms with Crippen molar-refractivity contribution < 1.29 is 88.4 Å². The predicted molar refractivity (Wildman–Crippen MR) is 255 cm³/mol. The van der Waals surface area contributed by atoms with Gasteiger partial charge in [0.1, 0.15) is 23.4 Å². The fourth-order valence-electron chi connectivity index (χ4n) is 8.95. The summed E-state index contributed by atoms with van der Waals surface area (Å²) in [7, 11) is 1.44. The van der Waals surface area contributed by atoms with Gasteiger partial charge < -0.3 is 49.8 Å². The monoisotopic (exact) mass is 947 g/mol. The van der Waals surface area contributed by atoms with Gasteiger partial charge in [0.15, 0.2) is 5.75 Å². The molecule has 68 heavy (non-hydrogen) atoms. The number of phenols is 3. The van der Waals surface area contributed by atoms with Crippen LogP contribution in [-0.2, 0) is 23.8 Å². The van der Waals surface area contributed by atoms with Gasteiger partial charge in [-0.1, -0.05) is 88.4 Å². The molecule has 17 heteroatoms. The first kappa shape index (κ1) is 53.8. The zero-order valence-corrected chi connectivity index (χ0v) is 42.6. The molecule has 9 atom stereocenters. The molecule has 1 saturated heterocycles. The summed E-state index contributed by atoms with van der Waals surface area (Å²) in [5, 5.41) is 67.6. The smallest absolute Gasteiger partial charge is 0.507 e. The number of benzene rings is 3. The van der Waals surface area contributed by atoms with Crippen molar-refractivity contribution in [3.63, 3.8) is 0 Å². The van der Waals surface area contributed by atoms with Crippen molar-refractivity contribution >= 4 is 46.4 Å². The number of Topliss-reactive ketones (excluding diaryl/α,β-unsaturated/α-hetero) is 1. The van der Waals surface area contributed by atoms with E-state index in [0.29, 0.717) is 26.2 Å². The van der Waals surface area contributed by atoms with Gasteiger partial charge in [-0.15, -0.1) is 0 Å². The molecule has 3 aromatic carbocycles. The number of phenolic OH excluding ortho intramolecular Hbond substituents is 3. The Labute approximate surface area is 419 Å². The molecule has 0 aliphatic carbocycles. The number of nitrogens with one attached hydrogen (secondary N) is 1. The number of ketones is 1. The van der Waals surface area contributed by atoms with Gasteiger partial charge in [0.05, 0.1) is 53.0 Å². The number of rotatable bonds is 7. The number of anilines is 1. The Hall–Kier alpha value is -5.20. The van der Waals surface area contributed by atoms with Crippen LogP contribution in [0.15, 0.2) is 77.6 Å². The first-order valence-electron chi connectivity index (χ1n) is 22.6. The van der Waals surface area contributed by atoms with Crippen molar-refractivity contribution in [2.24, 2.45) is 28.8 Å². The van der Waals surface area contributed by atoms with Gasteiger partial charge in [-0.3, -0.25) is 24.3 Å². The molecular weight excluding hydrogens is 884 g/mol. The van der Waals surface area contributed by atoms with Crippen LogP contribution in [0.25, 0.3) is 16.8 Å². The Morgan fingerprint density at radius 1 is 0.926 bits per heavy atom. The number of piperazine rings is 1. The van der Waals surface area contributed by atoms with Gasteiger partial charge >= 0.3 is 41.3 Å². The Morgan fingerprint density at radius 3 is 2.25 bits per heavy atom. The van der Waals surface area contributed by atoms with E-state index < -0.39 is 88.8 Å². The second kappa shape index (κ2) is 22.9. The molecule has 7 rings (SSSR count). The van der Waals surface area contributed by atoms with E-state index in [1.807, 2.05) is 30.3 Å². The number of nitrogens with zero attached hydrogens (tertiary/aromatic N) is 3. The minimum atomic E-state index is -2.06. The van der Waals surface area contributed by atoms with Crippen LogP contribution in [0, 0.1) is 30.6 Å². The van der Waals surface area contributed by atoms with E-state index in [4.69, 9.17) is 18.9 Å². The van der Waals surface area contributed by atoms with Crippen molar-refractivity contribution in [2.75, 3.05) is 45.2 Å². The molecular formula is C51H64N4NaO12+. The molecule has 4 heterocycles. The SMILES string of the molecule is CO[C@H]1/C=C/O[C@@]2(C)Oc3c(C)c(O)c4c(O)c(c(/C=N/N5CCN(C/C=C/c6ccccc6)CC5)c(O)c4c3C2=O)NC(=O)/C(C)=C\C=C\[C@H](C)[C@H](O)[C@@H](C)[C@@H](O)[C@@H](C)[C@H](OC(C)=O)[C@@H]1C.[Na+]. The first-order chi connectivity index (χ1) is 31.8. The molecule has 4 aliphatic heterocycles. The summed E-state index contributed by atoms with van der Waals surface area (Å²) in [4.78, 5) is 43.1. The zero-order valence-electron chi connectivity index (χ0n) is 40.6. The summed E-state index contributed by atoms with van der Waals surface area (Å²) >= 11 is 0. The first-order valence-corrected chi connectivity index (χ1v) is 22.6. The Morgan fingerprint density at radius 2 is 1.60 bits per heavy atom. The maximum absolute atomic E-state index is 14.6. The average molecular weight is 948 g/mol. The summed E-state index contributed by atoms with van der Waals surface area (Å²) < 4.78 is 23.7. The molecule has 360 valence electrons. The van der Waals surface area contributed by atoms with Gasteiger partial charge in [-0.2, -0.15) is 5.10 Å². The topological polar surface area (TPSA) is 220 Å². The van der Waals surface area contributed by atoms with Crippen molar-refractivity contribution in [3.05, 3.63) is 94.8 Å². The molecule has 0 unspecified atom stereocenters. The van der Waals surface area contributed by atoms with Gasteiger partial charge in [0.2, 0.25) is 0 Å². The van der Waals surface area contributed by atoms with Crippen LogP contribution in [0.4, 0.5) is 5.69 Å². The minimum Gasteiger partial charge on any atom is -0.507 e. The van der Waals surface area contributed by atoms with Crippen LogP contribution < -0.4 is 39.6 Å². The van der Waals surface area contributed by atoms with Crippen LogP contribution >= 0.6 is 0 Å². The third kappa shape index (κ3) is 11.5. The van der Waals surface area contributed by atoms with E-state index in [-0.39, 0.29) is 74.0 Å². The number of aliphatic hydroxyl groups excluding tert-OH is 2. The number of carbonyl (C=O) groups excluding carboxylic acids is 3. The van der Waals surface area contributed by atoms with Gasteiger partial charge in [-0.25, -0.2) is 0 Å². The number of allylic oxidation sites excluding steroid dienone is 2. The van der Waals surface area contributed by atoms with Crippen LogP contribution in [0.3, 0.4) is 0 Å². The molecule has 0 radical (unpaired) electrons. The number of hydrazone groups is 1. The summed E-state index contributed by atoms with van der Waals surface area (Å²) in [6.07, 6.45) is 9.03. The number of carbonyl (C=O) groups is 3. The van der Waals surface area contributed by atoms with E-state index >= 15 is 0 Å². The average Bonchev–Trinajstić information content (AvgIpc) is 3.57. The Kier molecular flexibility index (Phi) is 18.1. The number of hydrogen-bond donors (Lipinski definition) is 6. The van der Waals surface area contributed by atoms with E-state index in [0.717, 1.165) is 12.1 Å². The summed E-state index contributed by atoms with van der Waals surface area (Å²) in [6.45, 7) is 15.7. The molecule has 6 N–H and O–H groups in total. The third-order valence-electron chi connectivity index (χ3n) is 13.2. The van der Waals surface area contributed by atoms with E-state index in [9.17, 15) is 39.9 Å². The fraction of sp³-hybridized carbons (Fsp3) is 0.451. The zero-order chi connectivity index (χ0) is 48.9. The van der Waals surface area contributed by atoms with E-state index in [1.165, 1.54) is 59.4 Å². The molecule has 0 saturated carbocycles. The van der Waals surface area contributed by atoms with Crippen LogP contribution in [-0.4, -0.2) is 129 Å². The van der Waals surface area contributed by atoms with Crippen LogP contribution in [0.5, 0.6) is 23.0 Å². The fourth-order valence-corrected chi connectivity index (χ4v) is 8.95. The standard InChI is InChI=1S/C51H64N4O12.Na/c1-28-15-13-16-29(2)50(63)53-41-36(27-52-55-24-22-54(23-25-55)21-14-19-35-17-11-10-12-18-35)45(60)38-39(46(41)61)44(59)33(6)48-40(38)49(62)51(8,67-48)65-26-20-37(64-9)30(3)47(66-34(7)56)32(5)43(58)31(4)42(28)57;/h10-20,26-28,30-32,37,42-43,47,57-61H,21-25H2,1-9H3,(H,53,63);/q;+1/b15-13+,19-14+,26-20+,29-16-,52-27+;/t28-,30+,31+,32+,37-,42-,43+,47+,51-;/m0./s1. The molecule has 4 aliphatic rings. The number of hydrogen-bond acceptors (Lipinski definition) is 15. The van der Waals surface area contributed by atoms with Crippen molar-refractivity contribution in [1.29, 1.82) is 0 Å². The molecule has 16 nitrogen and oxygen atoms in total. The Bertz CT molecular complexity index is 2480. The number of ether oxygens (including phenoxy) is 4. The van der Waals surface area contributed by atoms with Crippen molar-refractivity contribution in [3.8, 4) is 23.0 Å². The van der Waals surface area contributed by atoms with Crippen LogP contribution in [0.1, 0.15) is 75.5 Å². The van der Waals surface area contributed by atoms with Gasteiger partial charge in [0.25, 0.3) is 11.7 Å². The largest absolute Gasteiger partial charge is 1.00 e. The number of methoxy groups -OCH3 is 1. The number of fused-ring (bicyclic) bond motifs is 14. The second-order valence-corrected chi connectivity index (χ2v) is 17.9. The van der Waals surface area contributed by atoms with E-state index in [2.05, 4.69) is 27.5 Å². The van der Waals surface area contributed by atoms with Crippen molar-refractivity contribution in [2.45, 2.75) is 85.6 Å². The maximum atomic E-state index is 14.6. The molecule has 0 aromatic heterocycles. The Balaban J connectivity index is 0.00000864. The molecule has 0 spiro atoms. The summed E-state index contributed by atoms with van der Waals surface area (Å²) in [5.41, 5.74) is 0.718. The van der Waals surface area contributed by atoms with E-state index in [1.54, 1.807) is 44.9 Å². The molecule has 5 bridgehead atoms. The predicted octanol–water partition coefficient (Wildman–Crippen LogP) is 3.42. The number of aliphatic hydroxyl groups is 2. The van der Waals surface area contributed by atoms with Gasteiger partial charge in [-0.05, 0) is 25.5 Å². The quantitative estimate of drug-likeness (QED) is 0.0658. The molecule has 3 aromatic rings. The molecule has 1 fully saturated rings. The number of amides is 1. The number of aromatic hydroxyl groups is 3. The normalized spacial score (nSPS) is 29.3. The summed E-state index contributed by atoms with van der Waals surface area (Å²) in [6, 6.07) is 10.0.